The molecule has 0 heterocycles. The summed E-state index contributed by atoms with van der Waals surface area (Å²) in [5.41, 5.74) is 5.72. The first-order chi connectivity index (χ1) is 9.01. The van der Waals surface area contributed by atoms with Crippen LogP contribution in [0.4, 0.5) is 8.78 Å². The highest BCUT2D eigenvalue weighted by atomic mass is 79.9. The first-order valence-electron chi connectivity index (χ1n) is 5.32. The Labute approximate surface area is 125 Å². The molecule has 19 heavy (non-hydrogen) atoms. The number of hydrogen-bond donors (Lipinski definition) is 1. The van der Waals surface area contributed by atoms with Gasteiger partial charge in [-0.3, -0.25) is 0 Å². The lowest BCUT2D eigenvalue weighted by atomic mass is 10.2. The summed E-state index contributed by atoms with van der Waals surface area (Å²) in [7, 11) is 0. The van der Waals surface area contributed by atoms with E-state index in [0.29, 0.717) is 15.8 Å². The van der Waals surface area contributed by atoms with E-state index in [1.54, 1.807) is 18.2 Å². The Morgan fingerprint density at radius 1 is 1.05 bits per heavy atom. The van der Waals surface area contributed by atoms with Crippen LogP contribution in [0.5, 0.6) is 11.5 Å². The molecule has 6 heteroatoms. The van der Waals surface area contributed by atoms with Crippen molar-refractivity contribution in [2.75, 3.05) is 0 Å². The van der Waals surface area contributed by atoms with Gasteiger partial charge in [-0.15, -0.1) is 0 Å². The van der Waals surface area contributed by atoms with Crippen LogP contribution in [0.15, 0.2) is 39.3 Å². The molecule has 2 aromatic carbocycles. The summed E-state index contributed by atoms with van der Waals surface area (Å²) in [5.74, 6) is -1.69. The van der Waals surface area contributed by atoms with E-state index >= 15 is 0 Å². The fraction of sp³-hybridized carbons (Fsp3) is 0.0769. The quantitative estimate of drug-likeness (QED) is 0.818. The van der Waals surface area contributed by atoms with Crippen molar-refractivity contribution in [3.05, 3.63) is 56.5 Å². The number of ether oxygens (including phenoxy) is 1. The Morgan fingerprint density at radius 2 is 1.68 bits per heavy atom. The van der Waals surface area contributed by atoms with Gasteiger partial charge in [0.2, 0.25) is 0 Å². The Morgan fingerprint density at radius 3 is 2.21 bits per heavy atom. The molecule has 2 N–H and O–H groups in total. The molecule has 0 fully saturated rings. The van der Waals surface area contributed by atoms with Gasteiger partial charge in [-0.1, -0.05) is 15.9 Å². The zero-order valence-electron chi connectivity index (χ0n) is 9.59. The molecule has 0 saturated carbocycles. The lowest BCUT2D eigenvalue weighted by Gasteiger charge is -2.11. The number of benzene rings is 2. The summed E-state index contributed by atoms with van der Waals surface area (Å²) in [4.78, 5) is 0. The SMILES string of the molecule is NCc1cc(F)c(Oc2ccc(Br)cc2Br)c(F)c1. The monoisotopic (exact) mass is 391 g/mol. The largest absolute Gasteiger partial charge is 0.450 e. The van der Waals surface area contributed by atoms with Gasteiger partial charge in [-0.05, 0) is 51.8 Å². The minimum atomic E-state index is -0.782. The summed E-state index contributed by atoms with van der Waals surface area (Å²) in [6, 6.07) is 7.35. The van der Waals surface area contributed by atoms with Crippen molar-refractivity contribution in [2.45, 2.75) is 6.54 Å². The predicted molar refractivity (Wildman–Crippen MR) is 76.2 cm³/mol. The fourth-order valence-electron chi connectivity index (χ4n) is 1.50. The van der Waals surface area contributed by atoms with Crippen molar-refractivity contribution in [2.24, 2.45) is 5.73 Å². The van der Waals surface area contributed by atoms with Gasteiger partial charge in [-0.25, -0.2) is 8.78 Å². The summed E-state index contributed by atoms with van der Waals surface area (Å²) < 4.78 is 34.2. The molecule has 0 spiro atoms. The van der Waals surface area contributed by atoms with Crippen LogP contribution in [0.1, 0.15) is 5.56 Å². The molecule has 2 rings (SSSR count). The maximum Gasteiger partial charge on any atom is 0.198 e. The van der Waals surface area contributed by atoms with Gasteiger partial charge >= 0.3 is 0 Å². The fourth-order valence-corrected chi connectivity index (χ4v) is 2.62. The smallest absolute Gasteiger partial charge is 0.198 e. The molecule has 0 aromatic heterocycles. The second kappa shape index (κ2) is 5.98. The van der Waals surface area contributed by atoms with Crippen LogP contribution in [0.3, 0.4) is 0 Å². The second-order valence-electron chi connectivity index (χ2n) is 3.77. The summed E-state index contributed by atoms with van der Waals surface area (Å²) >= 11 is 6.54. The predicted octanol–water partition coefficient (Wildman–Crippen LogP) is 4.74. The van der Waals surface area contributed by atoms with E-state index in [2.05, 4.69) is 31.9 Å². The van der Waals surface area contributed by atoms with Crippen LogP contribution in [0, 0.1) is 11.6 Å². The van der Waals surface area contributed by atoms with Crippen LogP contribution >= 0.6 is 31.9 Å². The van der Waals surface area contributed by atoms with Crippen molar-refractivity contribution in [3.63, 3.8) is 0 Å². The van der Waals surface area contributed by atoms with E-state index < -0.39 is 17.4 Å². The summed E-state index contributed by atoms with van der Waals surface area (Å²) in [6.45, 7) is 0.0656. The number of nitrogens with two attached hydrogens (primary N) is 1. The molecule has 0 radical (unpaired) electrons. The van der Waals surface area contributed by atoms with Gasteiger partial charge in [0.05, 0.1) is 4.47 Å². The molecule has 100 valence electrons. The van der Waals surface area contributed by atoms with Crippen LogP contribution < -0.4 is 10.5 Å². The van der Waals surface area contributed by atoms with Gasteiger partial charge in [0.1, 0.15) is 5.75 Å². The zero-order valence-corrected chi connectivity index (χ0v) is 12.8. The zero-order chi connectivity index (χ0) is 14.0. The second-order valence-corrected chi connectivity index (χ2v) is 5.54. The standard InChI is InChI=1S/C13H9Br2F2NO/c14-8-1-2-12(9(15)5-8)19-13-10(16)3-7(6-18)4-11(13)17/h1-5H,6,18H2. The van der Waals surface area contributed by atoms with E-state index in [4.69, 9.17) is 10.5 Å². The Kier molecular flexibility index (Phi) is 4.54. The van der Waals surface area contributed by atoms with E-state index in [1.165, 1.54) is 0 Å². The first-order valence-corrected chi connectivity index (χ1v) is 6.90. The van der Waals surface area contributed by atoms with E-state index in [1.807, 2.05) is 0 Å². The number of halogens is 4. The molecule has 2 nitrogen and oxygen atoms in total. The van der Waals surface area contributed by atoms with Gasteiger partial charge in [0, 0.05) is 11.0 Å². The minimum Gasteiger partial charge on any atom is -0.450 e. The molecule has 0 atom stereocenters. The van der Waals surface area contributed by atoms with Crippen LogP contribution in [0.2, 0.25) is 0 Å². The third-order valence-electron chi connectivity index (χ3n) is 2.40. The number of rotatable bonds is 3. The van der Waals surface area contributed by atoms with Crippen molar-refractivity contribution in [3.8, 4) is 11.5 Å². The molecule has 0 bridgehead atoms. The molecule has 0 aliphatic carbocycles. The lowest BCUT2D eigenvalue weighted by Crippen LogP contribution is -2.00. The highest BCUT2D eigenvalue weighted by molar-refractivity contribution is 9.11. The first kappa shape index (κ1) is 14.4. The Bertz CT molecular complexity index is 597. The molecule has 0 unspecified atom stereocenters. The van der Waals surface area contributed by atoms with Gasteiger partial charge in [0.25, 0.3) is 0 Å². The van der Waals surface area contributed by atoms with Gasteiger partial charge in [-0.2, -0.15) is 0 Å². The Balaban J connectivity index is 2.38. The van der Waals surface area contributed by atoms with E-state index in [0.717, 1.165) is 16.6 Å². The maximum atomic E-state index is 13.7. The van der Waals surface area contributed by atoms with Crippen LogP contribution in [0.25, 0.3) is 0 Å². The Hall–Kier alpha value is -0.980. The van der Waals surface area contributed by atoms with Crippen molar-refractivity contribution in [1.82, 2.24) is 0 Å². The minimum absolute atomic E-state index is 0.0656. The maximum absolute atomic E-state index is 13.7. The van der Waals surface area contributed by atoms with Gasteiger partial charge < -0.3 is 10.5 Å². The van der Waals surface area contributed by atoms with Crippen molar-refractivity contribution in [1.29, 1.82) is 0 Å². The van der Waals surface area contributed by atoms with Crippen LogP contribution in [-0.2, 0) is 6.54 Å². The number of hydrogen-bond acceptors (Lipinski definition) is 2. The van der Waals surface area contributed by atoms with E-state index in [9.17, 15) is 8.78 Å². The third-order valence-corrected chi connectivity index (χ3v) is 3.51. The molecule has 0 aliphatic heterocycles. The molecular weight excluding hydrogens is 384 g/mol. The normalized spacial score (nSPS) is 10.6. The topological polar surface area (TPSA) is 35.2 Å². The molecule has 0 amide bonds. The summed E-state index contributed by atoms with van der Waals surface area (Å²) in [6.07, 6.45) is 0. The average Bonchev–Trinajstić information content (AvgIpc) is 2.35. The average molecular weight is 393 g/mol. The van der Waals surface area contributed by atoms with E-state index in [-0.39, 0.29) is 6.54 Å². The molecule has 0 saturated heterocycles. The molecule has 2 aromatic rings. The van der Waals surface area contributed by atoms with Crippen molar-refractivity contribution < 1.29 is 13.5 Å². The van der Waals surface area contributed by atoms with Gasteiger partial charge in [0.15, 0.2) is 17.4 Å². The highest BCUT2D eigenvalue weighted by Crippen LogP contribution is 2.34. The molecular formula is C13H9Br2F2NO. The van der Waals surface area contributed by atoms with Crippen molar-refractivity contribution >= 4 is 31.9 Å². The van der Waals surface area contributed by atoms with Crippen LogP contribution in [-0.4, -0.2) is 0 Å². The lowest BCUT2D eigenvalue weighted by molar-refractivity contribution is 0.404. The molecule has 0 aliphatic rings. The summed E-state index contributed by atoms with van der Waals surface area (Å²) in [5, 5.41) is 0. The third kappa shape index (κ3) is 3.32. The highest BCUT2D eigenvalue weighted by Gasteiger charge is 2.14.